The second kappa shape index (κ2) is 11.9. The Hall–Kier alpha value is -3.35. The van der Waals surface area contributed by atoms with E-state index in [4.69, 9.17) is 4.74 Å². The molecule has 2 amide bonds. The number of ether oxygens (including phenoxy) is 1. The molecule has 3 rings (SSSR count). The molecular formula is C28H36N2O5. The van der Waals surface area contributed by atoms with E-state index in [-0.39, 0.29) is 49.2 Å². The van der Waals surface area contributed by atoms with Gasteiger partial charge in [0.1, 0.15) is 12.6 Å². The van der Waals surface area contributed by atoms with Crippen LogP contribution in [-0.4, -0.2) is 42.3 Å². The number of rotatable bonds is 11. The zero-order valence-electron chi connectivity index (χ0n) is 20.9. The summed E-state index contributed by atoms with van der Waals surface area (Å²) in [5, 5.41) is 14.8. The molecule has 35 heavy (non-hydrogen) atoms. The number of carbonyl (C=O) groups is 3. The first-order chi connectivity index (χ1) is 16.7. The number of carboxylic acids is 1. The van der Waals surface area contributed by atoms with Crippen molar-refractivity contribution in [1.29, 1.82) is 0 Å². The molecule has 3 N–H and O–H groups in total. The minimum atomic E-state index is -1.04. The van der Waals surface area contributed by atoms with Crippen molar-refractivity contribution in [3.63, 3.8) is 0 Å². The summed E-state index contributed by atoms with van der Waals surface area (Å²) in [6.45, 7) is 8.26. The zero-order valence-corrected chi connectivity index (χ0v) is 20.9. The summed E-state index contributed by atoms with van der Waals surface area (Å²) in [6, 6.07) is 15.4. The van der Waals surface area contributed by atoms with E-state index < -0.39 is 18.1 Å². The highest BCUT2D eigenvalue weighted by Gasteiger charge is 2.29. The van der Waals surface area contributed by atoms with Gasteiger partial charge >= 0.3 is 12.1 Å². The summed E-state index contributed by atoms with van der Waals surface area (Å²) in [6.07, 6.45) is -0.0321. The number of alkyl carbamates (subject to hydrolysis) is 1. The monoisotopic (exact) mass is 480 g/mol. The van der Waals surface area contributed by atoms with E-state index in [2.05, 4.69) is 34.9 Å². The Morgan fingerprint density at radius 2 is 1.51 bits per heavy atom. The molecule has 0 fully saturated rings. The summed E-state index contributed by atoms with van der Waals surface area (Å²) >= 11 is 0. The molecule has 0 saturated carbocycles. The average molecular weight is 481 g/mol. The van der Waals surface area contributed by atoms with Crippen LogP contribution in [0.5, 0.6) is 0 Å². The number of benzene rings is 2. The molecule has 0 heterocycles. The Bertz CT molecular complexity index is 1000. The molecule has 7 nitrogen and oxygen atoms in total. The first kappa shape index (κ1) is 26.3. The molecule has 7 heteroatoms. The second-order valence-corrected chi connectivity index (χ2v) is 10.0. The van der Waals surface area contributed by atoms with Crippen molar-refractivity contribution in [2.75, 3.05) is 13.2 Å². The van der Waals surface area contributed by atoms with Crippen LogP contribution in [0.25, 0.3) is 11.1 Å². The summed E-state index contributed by atoms with van der Waals surface area (Å²) in [5.41, 5.74) is 4.63. The van der Waals surface area contributed by atoms with Gasteiger partial charge in [-0.05, 0) is 46.4 Å². The SMILES string of the molecule is CC(C)C[C@@H](NC(=O)CC(CNC(=O)OCC1c2ccccc2-c2ccccc21)C(C)C)C(=O)O. The highest BCUT2D eigenvalue weighted by molar-refractivity contribution is 5.83. The van der Waals surface area contributed by atoms with Crippen molar-refractivity contribution < 1.29 is 24.2 Å². The molecular weight excluding hydrogens is 444 g/mol. The van der Waals surface area contributed by atoms with Gasteiger partial charge in [-0.15, -0.1) is 0 Å². The molecule has 0 bridgehead atoms. The number of fused-ring (bicyclic) bond motifs is 3. The lowest BCUT2D eigenvalue weighted by Gasteiger charge is -2.23. The Morgan fingerprint density at radius 1 is 0.943 bits per heavy atom. The van der Waals surface area contributed by atoms with Crippen LogP contribution in [0.3, 0.4) is 0 Å². The van der Waals surface area contributed by atoms with E-state index in [0.717, 1.165) is 11.1 Å². The molecule has 0 aliphatic heterocycles. The molecule has 2 aromatic carbocycles. The zero-order chi connectivity index (χ0) is 25.5. The van der Waals surface area contributed by atoms with Crippen molar-refractivity contribution in [3.8, 4) is 11.1 Å². The smallest absolute Gasteiger partial charge is 0.407 e. The van der Waals surface area contributed by atoms with Gasteiger partial charge in [0.15, 0.2) is 0 Å². The number of carbonyl (C=O) groups excluding carboxylic acids is 2. The van der Waals surface area contributed by atoms with E-state index in [0.29, 0.717) is 6.42 Å². The fourth-order valence-electron chi connectivity index (χ4n) is 4.59. The maximum atomic E-state index is 12.5. The van der Waals surface area contributed by atoms with Gasteiger partial charge in [0, 0.05) is 18.9 Å². The average Bonchev–Trinajstić information content (AvgIpc) is 3.13. The van der Waals surface area contributed by atoms with Gasteiger partial charge in [0.05, 0.1) is 0 Å². The lowest BCUT2D eigenvalue weighted by molar-refractivity contribution is -0.142. The minimum absolute atomic E-state index is 0.0197. The third kappa shape index (κ3) is 6.84. The maximum absolute atomic E-state index is 12.5. The third-order valence-electron chi connectivity index (χ3n) is 6.58. The van der Waals surface area contributed by atoms with Gasteiger partial charge in [-0.1, -0.05) is 76.2 Å². The number of hydrogen-bond donors (Lipinski definition) is 3. The van der Waals surface area contributed by atoms with Crippen molar-refractivity contribution in [2.45, 2.75) is 52.5 Å². The van der Waals surface area contributed by atoms with Gasteiger partial charge in [-0.3, -0.25) is 4.79 Å². The molecule has 0 spiro atoms. The number of nitrogens with one attached hydrogen (secondary N) is 2. The Morgan fingerprint density at radius 3 is 2.03 bits per heavy atom. The van der Waals surface area contributed by atoms with Gasteiger partial charge in [-0.2, -0.15) is 0 Å². The summed E-state index contributed by atoms with van der Waals surface area (Å²) in [7, 11) is 0. The van der Waals surface area contributed by atoms with Crippen molar-refractivity contribution in [1.82, 2.24) is 10.6 Å². The van der Waals surface area contributed by atoms with Crippen LogP contribution in [0.4, 0.5) is 4.79 Å². The van der Waals surface area contributed by atoms with E-state index in [9.17, 15) is 19.5 Å². The van der Waals surface area contributed by atoms with Crippen LogP contribution < -0.4 is 10.6 Å². The number of carboxylic acid groups (broad SMARTS) is 1. The van der Waals surface area contributed by atoms with Crippen LogP contribution >= 0.6 is 0 Å². The molecule has 0 aromatic heterocycles. The van der Waals surface area contributed by atoms with Crippen LogP contribution in [0, 0.1) is 17.8 Å². The number of aliphatic carboxylic acids is 1. The molecule has 0 saturated heterocycles. The highest BCUT2D eigenvalue weighted by atomic mass is 16.5. The molecule has 1 aliphatic carbocycles. The quantitative estimate of drug-likeness (QED) is 0.428. The van der Waals surface area contributed by atoms with Crippen molar-refractivity contribution in [3.05, 3.63) is 59.7 Å². The lowest BCUT2D eigenvalue weighted by atomic mass is 9.92. The molecule has 1 aliphatic rings. The maximum Gasteiger partial charge on any atom is 0.407 e. The number of amides is 2. The van der Waals surface area contributed by atoms with E-state index in [1.807, 2.05) is 52.0 Å². The summed E-state index contributed by atoms with van der Waals surface area (Å²) in [4.78, 5) is 36.5. The van der Waals surface area contributed by atoms with Gasteiger partial charge in [-0.25, -0.2) is 9.59 Å². The van der Waals surface area contributed by atoms with Crippen molar-refractivity contribution in [2.24, 2.45) is 17.8 Å². The minimum Gasteiger partial charge on any atom is -0.480 e. The second-order valence-electron chi connectivity index (χ2n) is 10.0. The van der Waals surface area contributed by atoms with Crippen LogP contribution in [0.2, 0.25) is 0 Å². The molecule has 2 aromatic rings. The molecule has 0 radical (unpaired) electrons. The third-order valence-corrected chi connectivity index (χ3v) is 6.58. The Balaban J connectivity index is 1.53. The first-order valence-corrected chi connectivity index (χ1v) is 12.3. The number of hydrogen-bond acceptors (Lipinski definition) is 4. The molecule has 188 valence electrons. The van der Waals surface area contributed by atoms with Gasteiger partial charge in [0.25, 0.3) is 0 Å². The predicted molar refractivity (Wildman–Crippen MR) is 135 cm³/mol. The van der Waals surface area contributed by atoms with E-state index >= 15 is 0 Å². The predicted octanol–water partition coefficient (Wildman–Crippen LogP) is 4.80. The fraction of sp³-hybridized carbons (Fsp3) is 0.464. The lowest BCUT2D eigenvalue weighted by Crippen LogP contribution is -2.43. The normalized spacial score (nSPS) is 14.2. The highest BCUT2D eigenvalue weighted by Crippen LogP contribution is 2.44. The van der Waals surface area contributed by atoms with Crippen molar-refractivity contribution >= 4 is 18.0 Å². The van der Waals surface area contributed by atoms with E-state index in [1.54, 1.807) is 0 Å². The fourth-order valence-corrected chi connectivity index (χ4v) is 4.59. The Labute approximate surface area is 207 Å². The van der Waals surface area contributed by atoms with Crippen LogP contribution in [0.1, 0.15) is 57.6 Å². The van der Waals surface area contributed by atoms with Crippen LogP contribution in [-0.2, 0) is 14.3 Å². The molecule has 2 atom stereocenters. The Kier molecular flexibility index (Phi) is 8.90. The van der Waals surface area contributed by atoms with Crippen LogP contribution in [0.15, 0.2) is 48.5 Å². The summed E-state index contributed by atoms with van der Waals surface area (Å²) < 4.78 is 5.59. The van der Waals surface area contributed by atoms with Gasteiger partial charge in [0.2, 0.25) is 5.91 Å². The summed E-state index contributed by atoms with van der Waals surface area (Å²) in [5.74, 6) is -1.27. The first-order valence-electron chi connectivity index (χ1n) is 12.3. The largest absolute Gasteiger partial charge is 0.480 e. The topological polar surface area (TPSA) is 105 Å². The standard InChI is InChI=1S/C28H36N2O5/c1-17(2)13-25(27(32)33)30-26(31)14-19(18(3)4)15-29-28(34)35-16-24-22-11-7-5-9-20(22)21-10-6-8-12-23(21)24/h5-12,17-19,24-25H,13-16H2,1-4H3,(H,29,34)(H,30,31)(H,32,33)/t19?,25-/m1/s1. The van der Waals surface area contributed by atoms with Gasteiger partial charge < -0.3 is 20.5 Å². The van der Waals surface area contributed by atoms with E-state index in [1.165, 1.54) is 11.1 Å². The molecule has 1 unspecified atom stereocenters.